The molecule has 0 amide bonds. The van der Waals surface area contributed by atoms with E-state index in [-0.39, 0.29) is 6.04 Å². The van der Waals surface area contributed by atoms with E-state index in [9.17, 15) is 0 Å². The van der Waals surface area contributed by atoms with Crippen LogP contribution in [0.15, 0.2) is 22.7 Å². The quantitative estimate of drug-likeness (QED) is 0.939. The average Bonchev–Trinajstić information content (AvgIpc) is 2.75. The molecule has 2 rings (SSSR count). The fourth-order valence-corrected chi connectivity index (χ4v) is 2.47. The van der Waals surface area contributed by atoms with Gasteiger partial charge in [-0.3, -0.25) is 0 Å². The first-order chi connectivity index (χ1) is 9.04. The molecule has 0 saturated carbocycles. The SMILES string of the molecule is CCNC(C)c1nnn(-c2ccc(C)c(Br)c2)c1C. The average molecular weight is 323 g/mol. The van der Waals surface area contributed by atoms with Gasteiger partial charge in [0.15, 0.2) is 0 Å². The van der Waals surface area contributed by atoms with Gasteiger partial charge in [0.1, 0.15) is 5.69 Å². The van der Waals surface area contributed by atoms with Gasteiger partial charge in [-0.2, -0.15) is 0 Å². The van der Waals surface area contributed by atoms with Crippen LogP contribution in [0.25, 0.3) is 5.69 Å². The molecule has 0 saturated heterocycles. The summed E-state index contributed by atoms with van der Waals surface area (Å²) in [6, 6.07) is 6.42. The van der Waals surface area contributed by atoms with E-state index in [1.807, 2.05) is 4.68 Å². The Hall–Kier alpha value is -1.20. The number of nitrogens with one attached hydrogen (secondary N) is 1. The van der Waals surface area contributed by atoms with Crippen LogP contribution in [-0.2, 0) is 0 Å². The Balaban J connectivity index is 2.38. The number of aryl methyl sites for hydroxylation is 1. The van der Waals surface area contributed by atoms with Crippen molar-refractivity contribution in [2.45, 2.75) is 33.7 Å². The number of halogens is 1. The van der Waals surface area contributed by atoms with Crippen LogP contribution in [0.1, 0.15) is 36.8 Å². The number of aromatic nitrogens is 3. The second-order valence-electron chi connectivity index (χ2n) is 4.68. The van der Waals surface area contributed by atoms with Gasteiger partial charge < -0.3 is 5.32 Å². The summed E-state index contributed by atoms with van der Waals surface area (Å²) in [5, 5.41) is 11.9. The van der Waals surface area contributed by atoms with Crippen molar-refractivity contribution >= 4 is 15.9 Å². The van der Waals surface area contributed by atoms with Gasteiger partial charge in [-0.05, 0) is 45.0 Å². The van der Waals surface area contributed by atoms with Crippen molar-refractivity contribution in [3.05, 3.63) is 39.6 Å². The number of benzene rings is 1. The molecule has 0 radical (unpaired) electrons. The van der Waals surface area contributed by atoms with E-state index in [1.54, 1.807) is 0 Å². The van der Waals surface area contributed by atoms with Crippen LogP contribution in [-0.4, -0.2) is 21.5 Å². The fraction of sp³-hybridized carbons (Fsp3) is 0.429. The second kappa shape index (κ2) is 5.84. The molecular formula is C14H19BrN4. The molecule has 0 aliphatic rings. The van der Waals surface area contributed by atoms with Crippen LogP contribution in [0.2, 0.25) is 0 Å². The summed E-state index contributed by atoms with van der Waals surface area (Å²) in [5.41, 5.74) is 4.31. The van der Waals surface area contributed by atoms with E-state index in [1.165, 1.54) is 5.56 Å². The van der Waals surface area contributed by atoms with Gasteiger partial charge in [-0.1, -0.05) is 34.1 Å². The first kappa shape index (κ1) is 14.2. The zero-order valence-electron chi connectivity index (χ0n) is 11.7. The third-order valence-electron chi connectivity index (χ3n) is 3.25. The summed E-state index contributed by atoms with van der Waals surface area (Å²) >= 11 is 3.55. The molecule has 19 heavy (non-hydrogen) atoms. The van der Waals surface area contributed by atoms with Crippen molar-refractivity contribution in [1.29, 1.82) is 0 Å². The Labute approximate surface area is 122 Å². The standard InChI is InChI=1S/C14H19BrN4/c1-5-16-10(3)14-11(4)19(18-17-14)12-7-6-9(2)13(15)8-12/h6-8,10,16H,5H2,1-4H3. The zero-order chi connectivity index (χ0) is 14.0. The monoisotopic (exact) mass is 322 g/mol. The lowest BCUT2D eigenvalue weighted by Crippen LogP contribution is -2.19. The molecule has 0 spiro atoms. The first-order valence-corrected chi connectivity index (χ1v) is 7.26. The maximum Gasteiger partial charge on any atom is 0.103 e. The smallest absolute Gasteiger partial charge is 0.103 e. The van der Waals surface area contributed by atoms with Crippen molar-refractivity contribution in [2.24, 2.45) is 0 Å². The predicted molar refractivity (Wildman–Crippen MR) is 80.6 cm³/mol. The summed E-state index contributed by atoms with van der Waals surface area (Å²) in [4.78, 5) is 0. The minimum absolute atomic E-state index is 0.215. The molecule has 1 aromatic heterocycles. The van der Waals surface area contributed by atoms with Crippen LogP contribution < -0.4 is 5.32 Å². The van der Waals surface area contributed by atoms with Gasteiger partial charge in [-0.15, -0.1) is 5.10 Å². The normalized spacial score (nSPS) is 12.7. The third kappa shape index (κ3) is 2.87. The van der Waals surface area contributed by atoms with E-state index in [0.717, 1.165) is 28.1 Å². The van der Waals surface area contributed by atoms with Gasteiger partial charge >= 0.3 is 0 Å². The molecule has 2 aromatic rings. The molecular weight excluding hydrogens is 304 g/mol. The summed E-state index contributed by atoms with van der Waals surface area (Å²) < 4.78 is 2.97. The number of hydrogen-bond acceptors (Lipinski definition) is 3. The number of rotatable bonds is 4. The van der Waals surface area contributed by atoms with E-state index in [2.05, 4.69) is 77.5 Å². The van der Waals surface area contributed by atoms with E-state index < -0.39 is 0 Å². The van der Waals surface area contributed by atoms with Crippen molar-refractivity contribution in [3.8, 4) is 5.69 Å². The summed E-state index contributed by atoms with van der Waals surface area (Å²) in [7, 11) is 0. The molecule has 1 N–H and O–H groups in total. The van der Waals surface area contributed by atoms with Crippen molar-refractivity contribution in [1.82, 2.24) is 20.3 Å². The molecule has 102 valence electrons. The molecule has 4 nitrogen and oxygen atoms in total. The Morgan fingerprint density at radius 3 is 2.74 bits per heavy atom. The second-order valence-corrected chi connectivity index (χ2v) is 5.54. The summed E-state index contributed by atoms with van der Waals surface area (Å²) in [6.07, 6.45) is 0. The summed E-state index contributed by atoms with van der Waals surface area (Å²) in [6.45, 7) is 9.24. The highest BCUT2D eigenvalue weighted by molar-refractivity contribution is 9.10. The molecule has 1 atom stereocenters. The Bertz CT molecular complexity index is 577. The molecule has 0 aliphatic heterocycles. The van der Waals surface area contributed by atoms with Crippen LogP contribution in [0.5, 0.6) is 0 Å². The number of hydrogen-bond donors (Lipinski definition) is 1. The third-order valence-corrected chi connectivity index (χ3v) is 4.11. The molecule has 0 fully saturated rings. The first-order valence-electron chi connectivity index (χ1n) is 6.46. The largest absolute Gasteiger partial charge is 0.309 e. The summed E-state index contributed by atoms with van der Waals surface area (Å²) in [5.74, 6) is 0. The minimum atomic E-state index is 0.215. The lowest BCUT2D eigenvalue weighted by molar-refractivity contribution is 0.579. The maximum atomic E-state index is 4.30. The van der Waals surface area contributed by atoms with Gasteiger partial charge in [0.05, 0.1) is 17.4 Å². The predicted octanol–water partition coefficient (Wildman–Crippen LogP) is 3.32. The van der Waals surface area contributed by atoms with E-state index in [4.69, 9.17) is 0 Å². The fourth-order valence-electron chi connectivity index (χ4n) is 2.10. The highest BCUT2D eigenvalue weighted by Gasteiger charge is 2.15. The lowest BCUT2D eigenvalue weighted by atomic mass is 10.2. The lowest BCUT2D eigenvalue weighted by Gasteiger charge is -2.10. The molecule has 1 heterocycles. The maximum absolute atomic E-state index is 4.30. The highest BCUT2D eigenvalue weighted by Crippen LogP contribution is 2.22. The van der Waals surface area contributed by atoms with Gasteiger partial charge in [0.2, 0.25) is 0 Å². The topological polar surface area (TPSA) is 42.7 Å². The minimum Gasteiger partial charge on any atom is -0.309 e. The number of nitrogens with zero attached hydrogens (tertiary/aromatic N) is 3. The molecule has 1 unspecified atom stereocenters. The molecule has 0 bridgehead atoms. The Morgan fingerprint density at radius 2 is 2.11 bits per heavy atom. The van der Waals surface area contributed by atoms with Gasteiger partial charge in [0.25, 0.3) is 0 Å². The highest BCUT2D eigenvalue weighted by atomic mass is 79.9. The van der Waals surface area contributed by atoms with Crippen LogP contribution in [0.3, 0.4) is 0 Å². The molecule has 5 heteroatoms. The van der Waals surface area contributed by atoms with Crippen LogP contribution in [0.4, 0.5) is 0 Å². The van der Waals surface area contributed by atoms with Crippen molar-refractivity contribution in [3.63, 3.8) is 0 Å². The van der Waals surface area contributed by atoms with Gasteiger partial charge in [-0.25, -0.2) is 4.68 Å². The van der Waals surface area contributed by atoms with E-state index >= 15 is 0 Å². The van der Waals surface area contributed by atoms with E-state index in [0.29, 0.717) is 0 Å². The van der Waals surface area contributed by atoms with Crippen LogP contribution >= 0.6 is 15.9 Å². The molecule has 1 aromatic carbocycles. The zero-order valence-corrected chi connectivity index (χ0v) is 13.3. The van der Waals surface area contributed by atoms with Crippen molar-refractivity contribution in [2.75, 3.05) is 6.54 Å². The van der Waals surface area contributed by atoms with Crippen molar-refractivity contribution < 1.29 is 0 Å². The van der Waals surface area contributed by atoms with Crippen LogP contribution in [0, 0.1) is 13.8 Å². The molecule has 0 aliphatic carbocycles. The van der Waals surface area contributed by atoms with Gasteiger partial charge in [0, 0.05) is 4.47 Å². The Kier molecular flexibility index (Phi) is 4.37. The Morgan fingerprint density at radius 1 is 1.37 bits per heavy atom.